The molecular weight excluding hydrogens is 334 g/mol. The van der Waals surface area contributed by atoms with Crippen LogP contribution in [0.1, 0.15) is 36.7 Å². The zero-order valence-electron chi connectivity index (χ0n) is 15.2. The molecule has 2 N–H and O–H groups in total. The van der Waals surface area contributed by atoms with Crippen molar-refractivity contribution in [3.8, 4) is 0 Å². The van der Waals surface area contributed by atoms with Gasteiger partial charge in [0, 0.05) is 41.7 Å². The molecule has 2 rings (SSSR count). The topological polar surface area (TPSA) is 110 Å². The fourth-order valence-electron chi connectivity index (χ4n) is 2.59. The van der Waals surface area contributed by atoms with Gasteiger partial charge >= 0.3 is 0 Å². The van der Waals surface area contributed by atoms with E-state index in [-0.39, 0.29) is 11.6 Å². The van der Waals surface area contributed by atoms with Gasteiger partial charge in [-0.25, -0.2) is 9.97 Å². The molecule has 0 aliphatic heterocycles. The molecule has 0 radical (unpaired) electrons. The number of carbonyl (C=O) groups is 1. The predicted molar refractivity (Wildman–Crippen MR) is 100 cm³/mol. The highest BCUT2D eigenvalue weighted by Gasteiger charge is 2.14. The van der Waals surface area contributed by atoms with E-state index in [4.69, 9.17) is 0 Å². The molecule has 0 atom stereocenters. The number of nitrogens with one attached hydrogen (secondary N) is 2. The van der Waals surface area contributed by atoms with Crippen molar-refractivity contribution in [1.82, 2.24) is 9.97 Å². The summed E-state index contributed by atoms with van der Waals surface area (Å²) in [6.07, 6.45) is 1.45. The molecule has 2 aromatic rings. The highest BCUT2D eigenvalue weighted by atomic mass is 16.6. The molecule has 0 fully saturated rings. The molecule has 8 heteroatoms. The lowest BCUT2D eigenvalue weighted by Crippen LogP contribution is -2.14. The first-order valence-electron chi connectivity index (χ1n) is 8.52. The molecule has 1 heterocycles. The first-order valence-corrected chi connectivity index (χ1v) is 8.52. The maximum absolute atomic E-state index is 12.0. The number of anilines is 2. The first-order chi connectivity index (χ1) is 12.4. The van der Waals surface area contributed by atoms with Crippen LogP contribution < -0.4 is 10.6 Å². The van der Waals surface area contributed by atoms with Crippen molar-refractivity contribution in [3.05, 3.63) is 51.3 Å². The van der Waals surface area contributed by atoms with Crippen molar-refractivity contribution in [2.75, 3.05) is 17.2 Å². The minimum Gasteiger partial charge on any atom is -0.354 e. The SMILES string of the molecule is CCc1ccc(NC(=O)CCCNc2nc(C)cc(C)n2)cc1[N+](=O)[O-]. The van der Waals surface area contributed by atoms with E-state index in [0.29, 0.717) is 43.0 Å². The van der Waals surface area contributed by atoms with Crippen LogP contribution in [-0.2, 0) is 11.2 Å². The molecule has 0 saturated heterocycles. The smallest absolute Gasteiger partial charge is 0.274 e. The normalized spacial score (nSPS) is 10.4. The van der Waals surface area contributed by atoms with Gasteiger partial charge in [0.2, 0.25) is 11.9 Å². The summed E-state index contributed by atoms with van der Waals surface area (Å²) in [5.74, 6) is 0.361. The molecular formula is C18H23N5O3. The molecule has 0 unspecified atom stereocenters. The standard InChI is InChI=1S/C18H23N5O3/c1-4-14-7-8-15(11-16(14)23(25)26)22-17(24)6-5-9-19-18-20-12(2)10-13(3)21-18/h7-8,10-11H,4-6,9H2,1-3H3,(H,22,24)(H,19,20,21). The van der Waals surface area contributed by atoms with Gasteiger partial charge in [-0.05, 0) is 38.8 Å². The molecule has 8 nitrogen and oxygen atoms in total. The summed E-state index contributed by atoms with van der Waals surface area (Å²) in [7, 11) is 0. The summed E-state index contributed by atoms with van der Waals surface area (Å²) in [4.78, 5) is 31.2. The summed E-state index contributed by atoms with van der Waals surface area (Å²) in [6, 6.07) is 6.65. The van der Waals surface area contributed by atoms with Crippen LogP contribution in [0.15, 0.2) is 24.3 Å². The van der Waals surface area contributed by atoms with Gasteiger partial charge in [0.25, 0.3) is 5.69 Å². The summed E-state index contributed by atoms with van der Waals surface area (Å²) in [6.45, 7) is 6.21. The van der Waals surface area contributed by atoms with Gasteiger partial charge < -0.3 is 10.6 Å². The molecule has 1 aromatic carbocycles. The Kier molecular flexibility index (Phi) is 6.60. The number of amides is 1. The summed E-state index contributed by atoms with van der Waals surface area (Å²) in [5, 5.41) is 16.9. The van der Waals surface area contributed by atoms with E-state index >= 15 is 0 Å². The highest BCUT2D eigenvalue weighted by Crippen LogP contribution is 2.23. The average Bonchev–Trinajstić information content (AvgIpc) is 2.58. The molecule has 0 aliphatic carbocycles. The van der Waals surface area contributed by atoms with E-state index in [1.54, 1.807) is 12.1 Å². The van der Waals surface area contributed by atoms with Gasteiger partial charge in [0.15, 0.2) is 0 Å². The molecule has 0 saturated carbocycles. The number of hydrogen-bond donors (Lipinski definition) is 2. The van der Waals surface area contributed by atoms with Crippen molar-refractivity contribution in [2.24, 2.45) is 0 Å². The van der Waals surface area contributed by atoms with E-state index < -0.39 is 4.92 Å². The molecule has 1 amide bonds. The van der Waals surface area contributed by atoms with Gasteiger partial charge in [0.1, 0.15) is 0 Å². The Hall–Kier alpha value is -3.03. The Morgan fingerprint density at radius 2 is 1.88 bits per heavy atom. The van der Waals surface area contributed by atoms with E-state index in [1.807, 2.05) is 26.8 Å². The van der Waals surface area contributed by atoms with E-state index in [2.05, 4.69) is 20.6 Å². The molecule has 1 aromatic heterocycles. The second-order valence-electron chi connectivity index (χ2n) is 6.01. The molecule has 26 heavy (non-hydrogen) atoms. The van der Waals surface area contributed by atoms with Gasteiger partial charge in [-0.15, -0.1) is 0 Å². The van der Waals surface area contributed by atoms with Gasteiger partial charge in [0.05, 0.1) is 4.92 Å². The van der Waals surface area contributed by atoms with E-state index in [1.165, 1.54) is 6.07 Å². The van der Waals surface area contributed by atoms with Crippen molar-refractivity contribution in [3.63, 3.8) is 0 Å². The fraction of sp³-hybridized carbons (Fsp3) is 0.389. The Labute approximate surface area is 152 Å². The van der Waals surface area contributed by atoms with Crippen molar-refractivity contribution >= 4 is 23.2 Å². The number of nitrogens with zero attached hydrogens (tertiary/aromatic N) is 3. The fourth-order valence-corrected chi connectivity index (χ4v) is 2.59. The highest BCUT2D eigenvalue weighted by molar-refractivity contribution is 5.91. The monoisotopic (exact) mass is 357 g/mol. The summed E-state index contributed by atoms with van der Waals surface area (Å²) in [5.41, 5.74) is 2.87. The third-order valence-corrected chi connectivity index (χ3v) is 3.79. The van der Waals surface area contributed by atoms with Gasteiger partial charge in [-0.1, -0.05) is 13.0 Å². The lowest BCUT2D eigenvalue weighted by molar-refractivity contribution is -0.385. The average molecular weight is 357 g/mol. The molecule has 0 spiro atoms. The first kappa shape index (κ1) is 19.3. The number of aryl methyl sites for hydroxylation is 3. The summed E-state index contributed by atoms with van der Waals surface area (Å²) < 4.78 is 0. The van der Waals surface area contributed by atoms with Crippen LogP contribution in [0.2, 0.25) is 0 Å². The van der Waals surface area contributed by atoms with Crippen LogP contribution in [0.25, 0.3) is 0 Å². The quantitative estimate of drug-likeness (QED) is 0.426. The predicted octanol–water partition coefficient (Wildman–Crippen LogP) is 3.39. The number of rotatable bonds is 8. The van der Waals surface area contributed by atoms with E-state index in [9.17, 15) is 14.9 Å². The Bertz CT molecular complexity index is 787. The van der Waals surface area contributed by atoms with Crippen LogP contribution in [-0.4, -0.2) is 27.3 Å². The largest absolute Gasteiger partial charge is 0.354 e. The molecule has 0 bridgehead atoms. The van der Waals surface area contributed by atoms with Gasteiger partial charge in [-0.2, -0.15) is 0 Å². The second-order valence-corrected chi connectivity index (χ2v) is 6.01. The lowest BCUT2D eigenvalue weighted by atomic mass is 10.1. The number of hydrogen-bond acceptors (Lipinski definition) is 6. The third-order valence-electron chi connectivity index (χ3n) is 3.79. The Morgan fingerprint density at radius 3 is 2.50 bits per heavy atom. The maximum Gasteiger partial charge on any atom is 0.274 e. The zero-order valence-corrected chi connectivity index (χ0v) is 15.2. The molecule has 138 valence electrons. The van der Waals surface area contributed by atoms with Crippen LogP contribution in [0.4, 0.5) is 17.3 Å². The lowest BCUT2D eigenvalue weighted by Gasteiger charge is -2.08. The summed E-state index contributed by atoms with van der Waals surface area (Å²) >= 11 is 0. The second kappa shape index (κ2) is 8.89. The van der Waals surface area contributed by atoms with Crippen LogP contribution in [0.5, 0.6) is 0 Å². The number of benzene rings is 1. The van der Waals surface area contributed by atoms with Crippen molar-refractivity contribution in [1.29, 1.82) is 0 Å². The minimum absolute atomic E-state index is 0.0268. The maximum atomic E-state index is 12.0. The van der Waals surface area contributed by atoms with Crippen LogP contribution in [0.3, 0.4) is 0 Å². The Morgan fingerprint density at radius 1 is 1.19 bits per heavy atom. The van der Waals surface area contributed by atoms with Crippen LogP contribution >= 0.6 is 0 Å². The number of nitro benzene ring substituents is 1. The molecule has 0 aliphatic rings. The Balaban J connectivity index is 1.83. The van der Waals surface area contributed by atoms with Gasteiger partial charge in [-0.3, -0.25) is 14.9 Å². The third kappa shape index (κ3) is 5.51. The van der Waals surface area contributed by atoms with Crippen molar-refractivity contribution < 1.29 is 9.72 Å². The van der Waals surface area contributed by atoms with E-state index in [0.717, 1.165) is 11.4 Å². The minimum atomic E-state index is -0.428. The number of carbonyl (C=O) groups excluding carboxylic acids is 1. The van der Waals surface area contributed by atoms with Crippen LogP contribution in [0, 0.1) is 24.0 Å². The number of nitro groups is 1. The zero-order chi connectivity index (χ0) is 19.1. The number of aromatic nitrogens is 2. The van der Waals surface area contributed by atoms with Crippen molar-refractivity contribution in [2.45, 2.75) is 40.0 Å².